The maximum Gasteiger partial charge on any atom is 0.257 e. The number of fused-ring (bicyclic) bond motifs is 1. The van der Waals surface area contributed by atoms with Gasteiger partial charge in [0, 0.05) is 24.8 Å². The summed E-state index contributed by atoms with van der Waals surface area (Å²) in [6, 6.07) is 10.9. The van der Waals surface area contributed by atoms with Crippen LogP contribution in [0.4, 0.5) is 5.69 Å². The molecule has 2 aromatic rings. The molecular weight excluding hydrogens is 374 g/mol. The van der Waals surface area contributed by atoms with E-state index in [2.05, 4.69) is 52.9 Å². The summed E-state index contributed by atoms with van der Waals surface area (Å²) in [5.41, 5.74) is 3.39. The van der Waals surface area contributed by atoms with Crippen molar-refractivity contribution in [2.45, 2.75) is 45.2 Å². The number of likely N-dealkylation sites (tertiary alicyclic amines) is 2. The molecule has 0 unspecified atom stereocenters. The summed E-state index contributed by atoms with van der Waals surface area (Å²) in [5, 5.41) is 0. The van der Waals surface area contributed by atoms with Crippen molar-refractivity contribution in [1.29, 1.82) is 0 Å². The molecular formula is C25H33N3O2. The first-order valence-electron chi connectivity index (χ1n) is 11.5. The van der Waals surface area contributed by atoms with Crippen LogP contribution in [0.15, 0.2) is 41.0 Å². The summed E-state index contributed by atoms with van der Waals surface area (Å²) < 4.78 is 5.83. The van der Waals surface area contributed by atoms with Gasteiger partial charge in [-0.05, 0) is 82.3 Å². The molecule has 5 heteroatoms. The molecule has 3 aliphatic rings. The molecule has 4 heterocycles. The molecule has 0 radical (unpaired) electrons. The first-order valence-corrected chi connectivity index (χ1v) is 11.5. The minimum Gasteiger partial charge on any atom is -0.467 e. The molecule has 3 aliphatic heterocycles. The summed E-state index contributed by atoms with van der Waals surface area (Å²) in [7, 11) is 2.21. The number of hydrogen-bond acceptors (Lipinski definition) is 4. The van der Waals surface area contributed by atoms with Gasteiger partial charge in [-0.15, -0.1) is 0 Å². The fourth-order valence-corrected chi connectivity index (χ4v) is 5.71. The van der Waals surface area contributed by atoms with Crippen LogP contribution in [0.2, 0.25) is 0 Å². The third kappa shape index (κ3) is 3.64. The fraction of sp³-hybridized carbons (Fsp3) is 0.560. The third-order valence-electron chi connectivity index (χ3n) is 7.58. The van der Waals surface area contributed by atoms with E-state index in [-0.39, 0.29) is 5.91 Å². The van der Waals surface area contributed by atoms with Gasteiger partial charge >= 0.3 is 0 Å². The highest BCUT2D eigenvalue weighted by molar-refractivity contribution is 5.95. The Kier molecular flexibility index (Phi) is 5.32. The molecule has 2 saturated heterocycles. The lowest BCUT2D eigenvalue weighted by atomic mass is 9.84. The summed E-state index contributed by atoms with van der Waals surface area (Å²) in [5.74, 6) is 2.37. The number of anilines is 1. The van der Waals surface area contributed by atoms with E-state index in [1.165, 1.54) is 37.2 Å². The zero-order valence-electron chi connectivity index (χ0n) is 18.2. The van der Waals surface area contributed by atoms with Crippen molar-refractivity contribution in [3.05, 3.63) is 53.5 Å². The third-order valence-corrected chi connectivity index (χ3v) is 7.58. The number of nitrogens with zero attached hydrogens (tertiary/aromatic N) is 3. The number of carbonyl (C=O) groups excluding carboxylic acids is 1. The van der Waals surface area contributed by atoms with Crippen LogP contribution in [-0.4, -0.2) is 55.0 Å². The number of benzene rings is 1. The van der Waals surface area contributed by atoms with E-state index in [1.54, 1.807) is 6.26 Å². The van der Waals surface area contributed by atoms with Gasteiger partial charge in [0.2, 0.25) is 0 Å². The molecule has 160 valence electrons. The highest BCUT2D eigenvalue weighted by Crippen LogP contribution is 2.35. The van der Waals surface area contributed by atoms with E-state index in [0.29, 0.717) is 18.5 Å². The number of amides is 1. The van der Waals surface area contributed by atoms with Crippen LogP contribution in [0.5, 0.6) is 0 Å². The Morgan fingerprint density at radius 3 is 2.67 bits per heavy atom. The molecule has 0 N–H and O–H groups in total. The van der Waals surface area contributed by atoms with Crippen LogP contribution in [0.3, 0.4) is 0 Å². The van der Waals surface area contributed by atoms with Crippen molar-refractivity contribution < 1.29 is 9.21 Å². The van der Waals surface area contributed by atoms with Crippen LogP contribution in [0.25, 0.3) is 0 Å². The zero-order valence-corrected chi connectivity index (χ0v) is 18.2. The van der Waals surface area contributed by atoms with Crippen LogP contribution in [0, 0.1) is 11.8 Å². The smallest absolute Gasteiger partial charge is 0.257 e. The van der Waals surface area contributed by atoms with E-state index >= 15 is 0 Å². The zero-order chi connectivity index (χ0) is 20.7. The first kappa shape index (κ1) is 19.7. The van der Waals surface area contributed by atoms with E-state index in [1.807, 2.05) is 6.07 Å². The van der Waals surface area contributed by atoms with Crippen molar-refractivity contribution in [2.24, 2.45) is 11.8 Å². The van der Waals surface area contributed by atoms with Gasteiger partial charge in [-0.3, -0.25) is 4.79 Å². The summed E-state index contributed by atoms with van der Waals surface area (Å²) in [6.45, 7) is 7.06. The molecule has 0 bridgehead atoms. The Morgan fingerprint density at radius 2 is 1.83 bits per heavy atom. The number of piperidine rings is 1. The van der Waals surface area contributed by atoms with Crippen molar-refractivity contribution >= 4 is 11.6 Å². The Bertz CT molecular complexity index is 899. The Labute approximate surface area is 179 Å². The van der Waals surface area contributed by atoms with Crippen molar-refractivity contribution in [1.82, 2.24) is 9.80 Å². The maximum atomic E-state index is 13.3. The second-order valence-corrected chi connectivity index (χ2v) is 9.51. The quantitative estimate of drug-likeness (QED) is 0.767. The summed E-state index contributed by atoms with van der Waals surface area (Å²) in [4.78, 5) is 20.2. The Hall–Kier alpha value is -2.27. The van der Waals surface area contributed by atoms with Gasteiger partial charge in [-0.1, -0.05) is 18.2 Å². The van der Waals surface area contributed by atoms with E-state index in [0.717, 1.165) is 43.2 Å². The molecule has 30 heavy (non-hydrogen) atoms. The van der Waals surface area contributed by atoms with Crippen LogP contribution in [0.1, 0.15) is 47.9 Å². The molecule has 0 spiro atoms. The lowest BCUT2D eigenvalue weighted by Gasteiger charge is -2.32. The van der Waals surface area contributed by atoms with Gasteiger partial charge in [0.25, 0.3) is 5.91 Å². The molecule has 1 aromatic heterocycles. The molecule has 1 amide bonds. The topological polar surface area (TPSA) is 39.9 Å². The number of carbonyl (C=O) groups is 1. The van der Waals surface area contributed by atoms with Crippen LogP contribution < -0.4 is 4.90 Å². The van der Waals surface area contributed by atoms with Gasteiger partial charge in [-0.2, -0.15) is 0 Å². The monoisotopic (exact) mass is 407 g/mol. The molecule has 0 saturated carbocycles. The average Bonchev–Trinajstić information content (AvgIpc) is 3.48. The largest absolute Gasteiger partial charge is 0.467 e. The van der Waals surface area contributed by atoms with Gasteiger partial charge in [-0.25, -0.2) is 0 Å². The van der Waals surface area contributed by atoms with E-state index in [4.69, 9.17) is 4.42 Å². The van der Waals surface area contributed by atoms with E-state index < -0.39 is 0 Å². The molecule has 1 aromatic carbocycles. The van der Waals surface area contributed by atoms with Gasteiger partial charge < -0.3 is 19.1 Å². The lowest BCUT2D eigenvalue weighted by molar-refractivity contribution is 0.0773. The summed E-state index contributed by atoms with van der Waals surface area (Å²) in [6.07, 6.45) is 6.41. The predicted octanol–water partition coefficient (Wildman–Crippen LogP) is 4.03. The predicted molar refractivity (Wildman–Crippen MR) is 119 cm³/mol. The highest BCUT2D eigenvalue weighted by atomic mass is 16.3. The number of hydrogen-bond donors (Lipinski definition) is 0. The number of rotatable bonds is 4. The fourth-order valence-electron chi connectivity index (χ4n) is 5.71. The summed E-state index contributed by atoms with van der Waals surface area (Å²) >= 11 is 0. The number of furan rings is 1. The molecule has 2 atom stereocenters. The molecule has 0 aliphatic carbocycles. The van der Waals surface area contributed by atoms with E-state index in [9.17, 15) is 4.79 Å². The SMILES string of the molecule is C[C@@H]1Cc2ccccc2N1Cc1occc1C(=O)N1CC[C@@H](C2CCN(C)CC2)C1. The highest BCUT2D eigenvalue weighted by Gasteiger charge is 2.35. The standard InChI is InChI=1S/C25H33N3O2/c1-18-15-20-5-3-4-6-23(20)28(18)17-24-22(10-14-30-24)25(29)27-13-9-21(16-27)19-7-11-26(2)12-8-19/h3-6,10,14,18-19,21H,7-9,11-13,15-17H2,1-2H3/t18-,21-/m1/s1. The second kappa shape index (κ2) is 8.10. The lowest BCUT2D eigenvalue weighted by Crippen LogP contribution is -2.35. The van der Waals surface area contributed by atoms with Crippen molar-refractivity contribution in [3.63, 3.8) is 0 Å². The van der Waals surface area contributed by atoms with Crippen LogP contribution in [-0.2, 0) is 13.0 Å². The van der Waals surface area contributed by atoms with Gasteiger partial charge in [0.15, 0.2) is 0 Å². The first-order chi connectivity index (χ1) is 14.6. The Balaban J connectivity index is 1.27. The second-order valence-electron chi connectivity index (χ2n) is 9.51. The Morgan fingerprint density at radius 1 is 1.07 bits per heavy atom. The molecule has 5 nitrogen and oxygen atoms in total. The van der Waals surface area contributed by atoms with Crippen LogP contribution >= 0.6 is 0 Å². The number of para-hydroxylation sites is 1. The van der Waals surface area contributed by atoms with Crippen molar-refractivity contribution in [2.75, 3.05) is 38.1 Å². The van der Waals surface area contributed by atoms with Gasteiger partial charge in [0.1, 0.15) is 5.76 Å². The normalized spacial score (nSPS) is 25.1. The molecule has 2 fully saturated rings. The average molecular weight is 408 g/mol. The van der Waals surface area contributed by atoms with Crippen molar-refractivity contribution in [3.8, 4) is 0 Å². The van der Waals surface area contributed by atoms with Gasteiger partial charge in [0.05, 0.1) is 18.4 Å². The maximum absolute atomic E-state index is 13.3. The minimum absolute atomic E-state index is 0.148. The molecule has 5 rings (SSSR count). The minimum atomic E-state index is 0.148.